The van der Waals surface area contributed by atoms with Crippen molar-refractivity contribution in [3.05, 3.63) is 0 Å². The summed E-state index contributed by atoms with van der Waals surface area (Å²) in [6, 6.07) is -0.839. The molecule has 0 bridgehead atoms. The van der Waals surface area contributed by atoms with Gasteiger partial charge in [-0.3, -0.25) is 14.5 Å². The van der Waals surface area contributed by atoms with E-state index in [1.807, 2.05) is 0 Å². The highest BCUT2D eigenvalue weighted by molar-refractivity contribution is 6.07. The first-order chi connectivity index (χ1) is 9.82. The molecule has 0 aromatic carbocycles. The SMILES string of the molecule is CC(=O)CC(C1CO1)N1C(=O)N(CC2CO2)C(C)(C)C1=O. The van der Waals surface area contributed by atoms with Crippen LogP contribution < -0.4 is 0 Å². The van der Waals surface area contributed by atoms with Crippen LogP contribution in [0, 0.1) is 0 Å². The predicted molar refractivity (Wildman–Crippen MR) is 71.6 cm³/mol. The Morgan fingerprint density at radius 2 is 1.95 bits per heavy atom. The molecule has 7 nitrogen and oxygen atoms in total. The molecule has 3 fully saturated rings. The fourth-order valence-electron chi connectivity index (χ4n) is 2.80. The third-order valence-electron chi connectivity index (χ3n) is 4.26. The van der Waals surface area contributed by atoms with E-state index in [4.69, 9.17) is 9.47 Å². The van der Waals surface area contributed by atoms with E-state index >= 15 is 0 Å². The van der Waals surface area contributed by atoms with E-state index in [1.54, 1.807) is 18.7 Å². The quantitative estimate of drug-likeness (QED) is 0.515. The molecule has 7 heteroatoms. The maximum absolute atomic E-state index is 12.7. The second-order valence-electron chi connectivity index (χ2n) is 6.43. The van der Waals surface area contributed by atoms with E-state index in [2.05, 4.69) is 0 Å². The molecule has 0 aromatic heterocycles. The molecule has 0 saturated carbocycles. The first-order valence-corrected chi connectivity index (χ1v) is 7.20. The molecule has 3 amide bonds. The maximum Gasteiger partial charge on any atom is 0.328 e. The average molecular weight is 296 g/mol. The summed E-state index contributed by atoms with van der Waals surface area (Å²) in [5.74, 6) is -0.326. The van der Waals surface area contributed by atoms with E-state index in [1.165, 1.54) is 11.8 Å². The zero-order valence-corrected chi connectivity index (χ0v) is 12.5. The number of hydrogen-bond donors (Lipinski definition) is 0. The van der Waals surface area contributed by atoms with Gasteiger partial charge in [0.1, 0.15) is 17.4 Å². The van der Waals surface area contributed by atoms with Gasteiger partial charge < -0.3 is 14.4 Å². The Bertz CT molecular complexity index is 496. The molecule has 0 aromatic rings. The van der Waals surface area contributed by atoms with E-state index in [-0.39, 0.29) is 36.4 Å². The molecule has 0 aliphatic carbocycles. The maximum atomic E-state index is 12.7. The minimum absolute atomic E-state index is 0.0180. The van der Waals surface area contributed by atoms with Crippen LogP contribution in [-0.2, 0) is 19.1 Å². The number of ether oxygens (including phenoxy) is 2. The Kier molecular flexibility index (Phi) is 3.29. The van der Waals surface area contributed by atoms with Crippen molar-refractivity contribution in [3.8, 4) is 0 Å². The Balaban J connectivity index is 1.84. The van der Waals surface area contributed by atoms with Gasteiger partial charge >= 0.3 is 6.03 Å². The highest BCUT2D eigenvalue weighted by Crippen LogP contribution is 2.34. The third kappa shape index (κ3) is 2.55. The monoisotopic (exact) mass is 296 g/mol. The number of urea groups is 1. The van der Waals surface area contributed by atoms with Gasteiger partial charge in [-0.1, -0.05) is 0 Å². The average Bonchev–Trinajstić information content (AvgIpc) is 3.26. The van der Waals surface area contributed by atoms with Crippen LogP contribution in [0.15, 0.2) is 0 Å². The summed E-state index contributed by atoms with van der Waals surface area (Å²) in [5, 5.41) is 0. The van der Waals surface area contributed by atoms with Gasteiger partial charge in [0.15, 0.2) is 0 Å². The van der Waals surface area contributed by atoms with Crippen LogP contribution in [0.2, 0.25) is 0 Å². The molecular weight excluding hydrogens is 276 g/mol. The summed E-state index contributed by atoms with van der Waals surface area (Å²) >= 11 is 0. The van der Waals surface area contributed by atoms with Crippen LogP contribution in [0.3, 0.4) is 0 Å². The zero-order valence-electron chi connectivity index (χ0n) is 12.5. The summed E-state index contributed by atoms with van der Waals surface area (Å²) in [4.78, 5) is 39.5. The first-order valence-electron chi connectivity index (χ1n) is 7.20. The van der Waals surface area contributed by atoms with Gasteiger partial charge in [0.05, 0.1) is 31.9 Å². The lowest BCUT2D eigenvalue weighted by Gasteiger charge is -2.26. The Morgan fingerprint density at radius 3 is 2.43 bits per heavy atom. The smallest absolute Gasteiger partial charge is 0.328 e. The molecule has 116 valence electrons. The van der Waals surface area contributed by atoms with Gasteiger partial charge in [-0.2, -0.15) is 0 Å². The van der Waals surface area contributed by atoms with E-state index in [0.29, 0.717) is 19.8 Å². The Morgan fingerprint density at radius 1 is 1.33 bits per heavy atom. The number of imide groups is 1. The summed E-state index contributed by atoms with van der Waals surface area (Å²) in [7, 11) is 0. The molecule has 3 atom stereocenters. The Labute approximate surface area is 123 Å². The molecule has 3 rings (SSSR count). The number of carbonyl (C=O) groups excluding carboxylic acids is 3. The van der Waals surface area contributed by atoms with Gasteiger partial charge in [-0.25, -0.2) is 4.79 Å². The van der Waals surface area contributed by atoms with E-state index in [9.17, 15) is 14.4 Å². The standard InChI is InChI=1S/C14H20N2O5/c1-8(17)4-10(11-7-21-11)16-12(18)14(2,3)15(13(16)19)5-9-6-20-9/h9-11H,4-7H2,1-3H3. The van der Waals surface area contributed by atoms with Crippen molar-refractivity contribution in [2.24, 2.45) is 0 Å². The highest BCUT2D eigenvalue weighted by atomic mass is 16.6. The molecule has 0 spiro atoms. The predicted octanol–water partition coefficient (Wildman–Crippen LogP) is 0.174. The lowest BCUT2D eigenvalue weighted by molar-refractivity contribution is -0.134. The normalized spacial score (nSPS) is 31.6. The fourth-order valence-corrected chi connectivity index (χ4v) is 2.80. The van der Waals surface area contributed by atoms with Gasteiger partial charge in [-0.05, 0) is 20.8 Å². The van der Waals surface area contributed by atoms with Gasteiger partial charge in [0.25, 0.3) is 5.91 Å². The largest absolute Gasteiger partial charge is 0.371 e. The highest BCUT2D eigenvalue weighted by Gasteiger charge is 2.57. The van der Waals surface area contributed by atoms with Crippen LogP contribution in [0.1, 0.15) is 27.2 Å². The summed E-state index contributed by atoms with van der Waals surface area (Å²) in [5.41, 5.74) is -0.910. The molecule has 0 radical (unpaired) electrons. The van der Waals surface area contributed by atoms with Crippen molar-refractivity contribution in [3.63, 3.8) is 0 Å². The lowest BCUT2D eigenvalue weighted by atomic mass is 10.0. The second-order valence-corrected chi connectivity index (χ2v) is 6.43. The molecular formula is C14H20N2O5. The van der Waals surface area contributed by atoms with Crippen molar-refractivity contribution in [2.75, 3.05) is 19.8 Å². The number of ketones is 1. The van der Waals surface area contributed by atoms with Crippen molar-refractivity contribution < 1.29 is 23.9 Å². The zero-order chi connectivity index (χ0) is 15.4. The van der Waals surface area contributed by atoms with E-state index < -0.39 is 11.6 Å². The second kappa shape index (κ2) is 4.78. The minimum Gasteiger partial charge on any atom is -0.371 e. The fraction of sp³-hybridized carbons (Fsp3) is 0.786. The van der Waals surface area contributed by atoms with Gasteiger partial charge in [0.2, 0.25) is 0 Å². The molecule has 3 aliphatic heterocycles. The minimum atomic E-state index is -0.910. The first kappa shape index (κ1) is 14.5. The number of hydrogen-bond acceptors (Lipinski definition) is 5. The number of nitrogens with zero attached hydrogens (tertiary/aromatic N) is 2. The number of epoxide rings is 2. The molecule has 3 aliphatic rings. The molecule has 3 saturated heterocycles. The number of carbonyl (C=O) groups is 3. The van der Waals surface area contributed by atoms with Crippen LogP contribution >= 0.6 is 0 Å². The van der Waals surface area contributed by atoms with Crippen molar-refractivity contribution in [2.45, 2.75) is 51.0 Å². The molecule has 3 heterocycles. The molecule has 21 heavy (non-hydrogen) atoms. The molecule has 3 unspecified atom stereocenters. The Hall–Kier alpha value is -1.47. The summed E-state index contributed by atoms with van der Waals surface area (Å²) in [6.45, 7) is 6.44. The van der Waals surface area contributed by atoms with Crippen LogP contribution in [0.25, 0.3) is 0 Å². The summed E-state index contributed by atoms with van der Waals surface area (Å²) < 4.78 is 10.4. The third-order valence-corrected chi connectivity index (χ3v) is 4.26. The van der Waals surface area contributed by atoms with Crippen LogP contribution in [0.5, 0.6) is 0 Å². The van der Waals surface area contributed by atoms with Crippen molar-refractivity contribution in [1.29, 1.82) is 0 Å². The number of amides is 3. The number of Topliss-reactive ketones (excluding diaryl/α,β-unsaturated/α-hetero) is 1. The van der Waals surface area contributed by atoms with Crippen LogP contribution in [0.4, 0.5) is 4.79 Å². The van der Waals surface area contributed by atoms with Crippen LogP contribution in [-0.4, -0.2) is 71.1 Å². The topological polar surface area (TPSA) is 82.8 Å². The van der Waals surface area contributed by atoms with Gasteiger partial charge in [-0.15, -0.1) is 0 Å². The summed E-state index contributed by atoms with van der Waals surface area (Å²) in [6.07, 6.45) is -0.0504. The number of rotatable bonds is 6. The lowest BCUT2D eigenvalue weighted by Crippen LogP contribution is -2.46. The molecule has 0 N–H and O–H groups in total. The van der Waals surface area contributed by atoms with Crippen molar-refractivity contribution >= 4 is 17.7 Å². The van der Waals surface area contributed by atoms with Crippen molar-refractivity contribution in [1.82, 2.24) is 9.80 Å². The van der Waals surface area contributed by atoms with Gasteiger partial charge in [0, 0.05) is 6.42 Å². The van der Waals surface area contributed by atoms with E-state index in [0.717, 1.165) is 0 Å².